The average Bonchev–Trinajstić information content (AvgIpc) is 3.06. The van der Waals surface area contributed by atoms with E-state index in [1.165, 1.54) is 24.5 Å². The molecule has 0 radical (unpaired) electrons. The second-order valence-electron chi connectivity index (χ2n) is 6.37. The van der Waals surface area contributed by atoms with E-state index in [1.54, 1.807) is 6.92 Å². The molecule has 2 aliphatic rings. The van der Waals surface area contributed by atoms with Gasteiger partial charge in [-0.1, -0.05) is 0 Å². The molecule has 1 aromatic rings. The molecule has 0 spiro atoms. The quantitative estimate of drug-likeness (QED) is 0.721. The summed E-state index contributed by atoms with van der Waals surface area (Å²) >= 11 is 1.38. The predicted octanol–water partition coefficient (Wildman–Crippen LogP) is 2.56. The molecule has 0 bridgehead atoms. The molecule has 1 aromatic heterocycles. The van der Waals surface area contributed by atoms with Crippen molar-refractivity contribution in [3.63, 3.8) is 0 Å². The average molecular weight is 409 g/mol. The monoisotopic (exact) mass is 409 g/mol. The summed E-state index contributed by atoms with van der Waals surface area (Å²) in [5, 5.41) is 3.16. The molecule has 0 unspecified atom stereocenters. The SMILES string of the molecule is CCOC(=O)c1c(NC(=O)[C@H](C)OC(=O)C2=COCCO2)sc2c1CCCC2. The first kappa shape index (κ1) is 20.2. The van der Waals surface area contributed by atoms with E-state index < -0.39 is 23.9 Å². The Bertz CT molecular complexity index is 798. The van der Waals surface area contributed by atoms with Gasteiger partial charge in [0.1, 0.15) is 24.5 Å². The Kier molecular flexibility index (Phi) is 6.56. The molecule has 1 amide bonds. The maximum absolute atomic E-state index is 12.6. The number of esters is 2. The van der Waals surface area contributed by atoms with E-state index in [-0.39, 0.29) is 19.0 Å². The van der Waals surface area contributed by atoms with E-state index >= 15 is 0 Å². The number of hydrogen-bond donors (Lipinski definition) is 1. The lowest BCUT2D eigenvalue weighted by atomic mass is 9.95. The summed E-state index contributed by atoms with van der Waals surface area (Å²) in [6, 6.07) is 0. The fourth-order valence-corrected chi connectivity index (χ4v) is 4.31. The number of rotatable bonds is 6. The molecule has 0 fully saturated rings. The van der Waals surface area contributed by atoms with Crippen molar-refractivity contribution < 1.29 is 33.3 Å². The van der Waals surface area contributed by atoms with Crippen LogP contribution in [0.4, 0.5) is 5.00 Å². The van der Waals surface area contributed by atoms with Crippen molar-refractivity contribution >= 4 is 34.2 Å². The Morgan fingerprint density at radius 2 is 2.00 bits per heavy atom. The molecule has 9 heteroatoms. The number of amides is 1. The largest absolute Gasteiger partial charge is 0.493 e. The lowest BCUT2D eigenvalue weighted by molar-refractivity contribution is -0.153. The van der Waals surface area contributed by atoms with Gasteiger partial charge in [-0.3, -0.25) is 4.79 Å². The van der Waals surface area contributed by atoms with Crippen LogP contribution in [0.5, 0.6) is 0 Å². The van der Waals surface area contributed by atoms with Crippen LogP contribution in [0.2, 0.25) is 0 Å². The lowest BCUT2D eigenvalue weighted by Crippen LogP contribution is -2.31. The standard InChI is InChI=1S/C19H23NO7S/c1-3-25-19(23)15-12-6-4-5-7-14(12)28-17(15)20-16(21)11(2)27-18(22)13-10-24-8-9-26-13/h10-11H,3-9H2,1-2H3,(H,20,21)/t11-/m0/s1. The highest BCUT2D eigenvalue weighted by Gasteiger charge is 2.29. The summed E-state index contributed by atoms with van der Waals surface area (Å²) in [6.45, 7) is 4.04. The highest BCUT2D eigenvalue weighted by Crippen LogP contribution is 2.38. The molecule has 0 saturated carbocycles. The molecular formula is C19H23NO7S. The van der Waals surface area contributed by atoms with E-state index in [9.17, 15) is 14.4 Å². The summed E-state index contributed by atoms with van der Waals surface area (Å²) in [6.07, 6.45) is 3.80. The van der Waals surface area contributed by atoms with Crippen molar-refractivity contribution in [3.05, 3.63) is 28.0 Å². The summed E-state index contributed by atoms with van der Waals surface area (Å²) in [5.41, 5.74) is 1.37. The third-order valence-electron chi connectivity index (χ3n) is 4.39. The Labute approximate surface area is 166 Å². The third-order valence-corrected chi connectivity index (χ3v) is 5.60. The number of ether oxygens (including phenoxy) is 4. The maximum atomic E-state index is 12.6. The van der Waals surface area contributed by atoms with Crippen LogP contribution in [-0.4, -0.2) is 43.8 Å². The molecule has 8 nitrogen and oxygen atoms in total. The Morgan fingerprint density at radius 3 is 2.71 bits per heavy atom. The second-order valence-corrected chi connectivity index (χ2v) is 7.48. The van der Waals surface area contributed by atoms with Crippen molar-refractivity contribution in [1.29, 1.82) is 0 Å². The normalized spacial score (nSPS) is 16.6. The van der Waals surface area contributed by atoms with Gasteiger partial charge in [0.15, 0.2) is 6.10 Å². The van der Waals surface area contributed by atoms with Crippen molar-refractivity contribution in [2.24, 2.45) is 0 Å². The van der Waals surface area contributed by atoms with Gasteiger partial charge in [0.2, 0.25) is 5.76 Å². The zero-order valence-electron chi connectivity index (χ0n) is 15.9. The maximum Gasteiger partial charge on any atom is 0.377 e. The van der Waals surface area contributed by atoms with Gasteiger partial charge < -0.3 is 24.3 Å². The minimum atomic E-state index is -1.08. The number of nitrogens with one attached hydrogen (secondary N) is 1. The van der Waals surface area contributed by atoms with Gasteiger partial charge in [-0.15, -0.1) is 11.3 Å². The van der Waals surface area contributed by atoms with Crippen LogP contribution in [0.15, 0.2) is 12.0 Å². The lowest BCUT2D eigenvalue weighted by Gasteiger charge is -2.17. The fourth-order valence-electron chi connectivity index (χ4n) is 3.03. The number of carbonyl (C=O) groups is 3. The zero-order chi connectivity index (χ0) is 20.1. The van der Waals surface area contributed by atoms with Crippen LogP contribution in [-0.2, 0) is 41.4 Å². The first-order valence-corrected chi connectivity index (χ1v) is 10.1. The van der Waals surface area contributed by atoms with Crippen LogP contribution in [0.3, 0.4) is 0 Å². The number of fused-ring (bicyclic) bond motifs is 1. The summed E-state index contributed by atoms with van der Waals surface area (Å²) in [7, 11) is 0. The van der Waals surface area contributed by atoms with Gasteiger partial charge in [-0.05, 0) is 45.1 Å². The van der Waals surface area contributed by atoms with Gasteiger partial charge in [0.25, 0.3) is 5.91 Å². The van der Waals surface area contributed by atoms with Crippen LogP contribution in [0, 0.1) is 0 Å². The van der Waals surface area contributed by atoms with E-state index in [0.29, 0.717) is 17.2 Å². The van der Waals surface area contributed by atoms with E-state index in [4.69, 9.17) is 18.9 Å². The predicted molar refractivity (Wildman–Crippen MR) is 101 cm³/mol. The zero-order valence-corrected chi connectivity index (χ0v) is 16.7. The molecule has 0 aromatic carbocycles. The molecule has 3 rings (SSSR count). The molecule has 2 heterocycles. The van der Waals surface area contributed by atoms with E-state index in [0.717, 1.165) is 36.1 Å². The Hall–Kier alpha value is -2.55. The fraction of sp³-hybridized carbons (Fsp3) is 0.526. The Morgan fingerprint density at radius 1 is 1.21 bits per heavy atom. The van der Waals surface area contributed by atoms with Crippen molar-refractivity contribution in [3.8, 4) is 0 Å². The highest BCUT2D eigenvalue weighted by molar-refractivity contribution is 7.17. The number of aryl methyl sites for hydroxylation is 1. The molecule has 0 saturated heterocycles. The van der Waals surface area contributed by atoms with Crippen molar-refractivity contribution in [1.82, 2.24) is 0 Å². The third kappa shape index (κ3) is 4.46. The number of anilines is 1. The van der Waals surface area contributed by atoms with Crippen molar-refractivity contribution in [2.45, 2.75) is 45.6 Å². The minimum Gasteiger partial charge on any atom is -0.493 e. The smallest absolute Gasteiger partial charge is 0.377 e. The Balaban J connectivity index is 1.72. The number of hydrogen-bond acceptors (Lipinski definition) is 8. The first-order valence-electron chi connectivity index (χ1n) is 9.29. The molecule has 1 atom stereocenters. The molecule has 1 aliphatic heterocycles. The summed E-state index contributed by atoms with van der Waals surface area (Å²) < 4.78 is 20.5. The first-order chi connectivity index (χ1) is 13.5. The van der Waals surface area contributed by atoms with Crippen LogP contribution in [0.25, 0.3) is 0 Å². The van der Waals surface area contributed by atoms with E-state index in [2.05, 4.69) is 5.32 Å². The molecule has 1 N–H and O–H groups in total. The van der Waals surface area contributed by atoms with Gasteiger partial charge in [-0.25, -0.2) is 9.59 Å². The molecule has 28 heavy (non-hydrogen) atoms. The number of thiophene rings is 1. The van der Waals surface area contributed by atoms with E-state index in [1.807, 2.05) is 0 Å². The molecule has 1 aliphatic carbocycles. The van der Waals surface area contributed by atoms with Gasteiger partial charge in [-0.2, -0.15) is 0 Å². The molecular weight excluding hydrogens is 386 g/mol. The van der Waals surface area contributed by atoms with Gasteiger partial charge >= 0.3 is 11.9 Å². The van der Waals surface area contributed by atoms with Crippen molar-refractivity contribution in [2.75, 3.05) is 25.1 Å². The second kappa shape index (κ2) is 9.09. The van der Waals surface area contributed by atoms with Crippen LogP contribution in [0.1, 0.15) is 47.5 Å². The topological polar surface area (TPSA) is 100 Å². The number of carbonyl (C=O) groups excluding carboxylic acids is 3. The van der Waals surface area contributed by atoms with Crippen LogP contribution < -0.4 is 5.32 Å². The van der Waals surface area contributed by atoms with Gasteiger partial charge in [0, 0.05) is 4.88 Å². The summed E-state index contributed by atoms with van der Waals surface area (Å²) in [4.78, 5) is 38.1. The molecule has 152 valence electrons. The van der Waals surface area contributed by atoms with Crippen LogP contribution >= 0.6 is 11.3 Å². The van der Waals surface area contributed by atoms with Gasteiger partial charge in [0.05, 0.1) is 12.2 Å². The summed E-state index contributed by atoms with van der Waals surface area (Å²) in [5.74, 6) is -1.84. The highest BCUT2D eigenvalue weighted by atomic mass is 32.1. The minimum absolute atomic E-state index is 0.0790.